The molecule has 0 radical (unpaired) electrons. The summed E-state index contributed by atoms with van der Waals surface area (Å²) in [4.78, 5) is 41.1. The summed E-state index contributed by atoms with van der Waals surface area (Å²) in [5.41, 5.74) is 3.05. The van der Waals surface area contributed by atoms with Crippen molar-refractivity contribution in [3.05, 3.63) is 101 Å². The van der Waals surface area contributed by atoms with Gasteiger partial charge in [0.05, 0.1) is 18.2 Å². The molecule has 0 aromatic heterocycles. The molecule has 2 amide bonds. The van der Waals surface area contributed by atoms with E-state index in [4.69, 9.17) is 30.5 Å². The Morgan fingerprint density at radius 2 is 1.78 bits per heavy atom. The fourth-order valence-electron chi connectivity index (χ4n) is 6.74. The molecule has 2 aromatic carbocycles. The van der Waals surface area contributed by atoms with Crippen LogP contribution in [0.15, 0.2) is 84.5 Å². The fraction of sp³-hybridized carbons (Fsp3) is 0.488. The summed E-state index contributed by atoms with van der Waals surface area (Å²) < 4.78 is 23.9. The van der Waals surface area contributed by atoms with Crippen molar-refractivity contribution in [1.29, 1.82) is 0 Å². The predicted octanol–water partition coefficient (Wildman–Crippen LogP) is 6.48. The van der Waals surface area contributed by atoms with Crippen molar-refractivity contribution in [2.24, 2.45) is 11.8 Å². The van der Waals surface area contributed by atoms with Crippen LogP contribution in [0.25, 0.3) is 0 Å². The molecule has 0 bridgehead atoms. The fourth-order valence-corrected chi connectivity index (χ4v) is 7.02. The van der Waals surface area contributed by atoms with Crippen molar-refractivity contribution in [1.82, 2.24) is 10.6 Å². The van der Waals surface area contributed by atoms with E-state index in [2.05, 4.69) is 28.9 Å². The molecular formula is C41H51ClN2O7. The van der Waals surface area contributed by atoms with Gasteiger partial charge < -0.3 is 29.6 Å². The van der Waals surface area contributed by atoms with Gasteiger partial charge in [-0.1, -0.05) is 93.1 Å². The molecule has 0 saturated carbocycles. The van der Waals surface area contributed by atoms with E-state index in [-0.39, 0.29) is 49.0 Å². The van der Waals surface area contributed by atoms with Crippen molar-refractivity contribution in [2.75, 3.05) is 13.7 Å². The van der Waals surface area contributed by atoms with E-state index in [0.29, 0.717) is 36.5 Å². The first-order chi connectivity index (χ1) is 24.6. The van der Waals surface area contributed by atoms with Crippen LogP contribution in [-0.4, -0.2) is 68.0 Å². The largest absolute Gasteiger partial charge is 0.495 e. The van der Waals surface area contributed by atoms with Crippen molar-refractivity contribution in [2.45, 2.75) is 102 Å². The lowest BCUT2D eigenvalue weighted by Crippen LogP contribution is -2.51. The molecule has 2 aliphatic heterocycles. The third-order valence-electron chi connectivity index (χ3n) is 9.64. The summed E-state index contributed by atoms with van der Waals surface area (Å²) in [7, 11) is 1.54. The Kier molecular flexibility index (Phi) is 13.9. The number of benzene rings is 2. The molecule has 1 aliphatic carbocycles. The smallest absolute Gasteiger partial charge is 0.335 e. The molecule has 274 valence electrons. The minimum atomic E-state index is -0.890. The number of methoxy groups -OCH3 is 1. The summed E-state index contributed by atoms with van der Waals surface area (Å²) in [6.45, 7) is 6.34. The van der Waals surface area contributed by atoms with Crippen molar-refractivity contribution in [3.8, 4) is 5.75 Å². The minimum Gasteiger partial charge on any atom is -0.495 e. The molecule has 6 unspecified atom stereocenters. The average Bonchev–Trinajstić information content (AvgIpc) is 3.92. The molecule has 1 fully saturated rings. The molecule has 7 atom stereocenters. The molecule has 5 rings (SSSR count). The SMILES string of the molecule is COc1ccc(CC2NC(=O)/C=C/C[C@@H](C(C)C3OC3C3=CC=CCC3)OC(=O)C(CC(C)C)OCCC(Cc3ccccc3)NC2=O)cc1Cl. The Balaban J connectivity index is 1.40. The maximum absolute atomic E-state index is 14.0. The quantitative estimate of drug-likeness (QED) is 0.214. The summed E-state index contributed by atoms with van der Waals surface area (Å²) in [6, 6.07) is 14.0. The first-order valence-electron chi connectivity index (χ1n) is 18.1. The average molecular weight is 719 g/mol. The summed E-state index contributed by atoms with van der Waals surface area (Å²) in [6.07, 6.45) is 11.9. The molecule has 2 N–H and O–H groups in total. The van der Waals surface area contributed by atoms with E-state index in [9.17, 15) is 14.4 Å². The Hall–Kier alpha value is -3.92. The van der Waals surface area contributed by atoms with Gasteiger partial charge in [0.1, 0.15) is 24.0 Å². The third-order valence-corrected chi connectivity index (χ3v) is 9.94. The Labute approximate surface area is 306 Å². The number of carbonyl (C=O) groups is 3. The first-order valence-corrected chi connectivity index (χ1v) is 18.5. The molecule has 2 aromatic rings. The van der Waals surface area contributed by atoms with E-state index >= 15 is 0 Å². The van der Waals surface area contributed by atoms with Gasteiger partial charge in [-0.3, -0.25) is 9.59 Å². The van der Waals surface area contributed by atoms with Gasteiger partial charge in [0.15, 0.2) is 6.10 Å². The highest BCUT2D eigenvalue weighted by molar-refractivity contribution is 6.32. The number of halogens is 1. The van der Waals surface area contributed by atoms with Crippen LogP contribution < -0.4 is 15.4 Å². The molecule has 51 heavy (non-hydrogen) atoms. The molecule has 1 saturated heterocycles. The van der Waals surface area contributed by atoms with Gasteiger partial charge in [-0.2, -0.15) is 0 Å². The number of nitrogens with one attached hydrogen (secondary N) is 2. The second-order valence-corrected chi connectivity index (χ2v) is 14.5. The number of epoxide rings is 1. The third kappa shape index (κ3) is 11.3. The number of amides is 2. The van der Waals surface area contributed by atoms with Crippen molar-refractivity contribution >= 4 is 29.4 Å². The predicted molar refractivity (Wildman–Crippen MR) is 197 cm³/mol. The monoisotopic (exact) mass is 718 g/mol. The number of hydrogen-bond acceptors (Lipinski definition) is 7. The van der Waals surface area contributed by atoms with Gasteiger partial charge in [-0.15, -0.1) is 0 Å². The zero-order chi connectivity index (χ0) is 36.3. The van der Waals surface area contributed by atoms with Crippen molar-refractivity contribution in [3.63, 3.8) is 0 Å². The molecule has 3 aliphatic rings. The summed E-state index contributed by atoms with van der Waals surface area (Å²) in [5, 5.41) is 6.48. The Morgan fingerprint density at radius 3 is 2.49 bits per heavy atom. The first kappa shape index (κ1) is 38.3. The zero-order valence-corrected chi connectivity index (χ0v) is 30.8. The second-order valence-electron chi connectivity index (χ2n) is 14.1. The van der Waals surface area contributed by atoms with E-state index in [1.807, 2.05) is 57.2 Å². The van der Waals surface area contributed by atoms with E-state index in [1.54, 1.807) is 25.3 Å². The number of cyclic esters (lactones) is 1. The molecule has 10 heteroatoms. The van der Waals surface area contributed by atoms with Crippen molar-refractivity contribution < 1.29 is 33.3 Å². The molecular weight excluding hydrogens is 668 g/mol. The van der Waals surface area contributed by atoms with Gasteiger partial charge in [0.25, 0.3) is 0 Å². The topological polar surface area (TPSA) is 115 Å². The Morgan fingerprint density at radius 1 is 0.980 bits per heavy atom. The number of ether oxygens (including phenoxy) is 4. The highest BCUT2D eigenvalue weighted by Crippen LogP contribution is 2.40. The second kappa shape index (κ2) is 18.5. The lowest BCUT2D eigenvalue weighted by atomic mass is 9.91. The van der Waals surface area contributed by atoms with Crippen LogP contribution in [0.5, 0.6) is 5.75 Å². The molecule has 2 heterocycles. The number of esters is 1. The number of allylic oxidation sites excluding steroid dienone is 3. The van der Waals surface area contributed by atoms with Crippen LogP contribution in [-0.2, 0) is 41.4 Å². The van der Waals surface area contributed by atoms with Gasteiger partial charge >= 0.3 is 5.97 Å². The summed E-state index contributed by atoms with van der Waals surface area (Å²) >= 11 is 6.42. The van der Waals surface area contributed by atoms with Gasteiger partial charge in [0.2, 0.25) is 11.8 Å². The van der Waals surface area contributed by atoms with E-state index in [1.165, 1.54) is 11.6 Å². The van der Waals surface area contributed by atoms with Gasteiger partial charge in [-0.05, 0) is 72.9 Å². The standard InChI is InChI=1S/C41H51ClN2O7/c1-26(2)22-36-41(47)50-34(27(3)38-39(51-38)30-14-9-6-10-15-30)16-11-17-37(45)44-33(25-29-18-19-35(48-4)32(42)24-29)40(46)43-31(20-21-49-36)23-28-12-7-5-8-13-28/h5-9,11-14,17-19,24,26-27,31,33-34,36,38-39H,10,15-16,20-23,25H2,1-4H3,(H,43,46)(H,44,45)/b17-11+/t27?,31?,33?,34-,36?,38?,39?/m0/s1. The van der Waals surface area contributed by atoms with E-state index in [0.717, 1.165) is 24.0 Å². The van der Waals surface area contributed by atoms with Gasteiger partial charge in [-0.25, -0.2) is 4.79 Å². The highest BCUT2D eigenvalue weighted by atomic mass is 35.5. The van der Waals surface area contributed by atoms with Crippen LogP contribution in [0.1, 0.15) is 64.0 Å². The van der Waals surface area contributed by atoms with Crippen LogP contribution in [0.4, 0.5) is 0 Å². The van der Waals surface area contributed by atoms with Crippen LogP contribution in [0.3, 0.4) is 0 Å². The number of rotatable bonds is 10. The highest BCUT2D eigenvalue weighted by Gasteiger charge is 2.48. The normalized spacial score (nSPS) is 27.5. The minimum absolute atomic E-state index is 0.00808. The zero-order valence-electron chi connectivity index (χ0n) is 30.0. The number of hydrogen-bond donors (Lipinski definition) is 2. The van der Waals surface area contributed by atoms with Crippen LogP contribution in [0.2, 0.25) is 5.02 Å². The molecule has 9 nitrogen and oxygen atoms in total. The maximum atomic E-state index is 14.0. The maximum Gasteiger partial charge on any atom is 0.335 e. The number of carbonyl (C=O) groups excluding carboxylic acids is 3. The van der Waals surface area contributed by atoms with Crippen LogP contribution in [0, 0.1) is 11.8 Å². The Bertz CT molecular complexity index is 1590. The van der Waals surface area contributed by atoms with Crippen LogP contribution >= 0.6 is 11.6 Å². The van der Waals surface area contributed by atoms with Gasteiger partial charge in [0, 0.05) is 31.4 Å². The summed E-state index contributed by atoms with van der Waals surface area (Å²) in [5.74, 6) is -0.615. The van der Waals surface area contributed by atoms with E-state index < -0.39 is 30.1 Å². The lowest BCUT2D eigenvalue weighted by Gasteiger charge is -2.27. The lowest BCUT2D eigenvalue weighted by molar-refractivity contribution is -0.166. The molecule has 0 spiro atoms.